The average molecular weight is 555 g/mol. The number of allylic oxidation sites excluding steroid dienone is 3. The second-order valence-electron chi connectivity index (χ2n) is 9.79. The van der Waals surface area contributed by atoms with Gasteiger partial charge in [-0.2, -0.15) is 0 Å². The summed E-state index contributed by atoms with van der Waals surface area (Å²) in [5.41, 5.74) is 4.91. The maximum absolute atomic E-state index is 13.7. The second kappa shape index (κ2) is 10.3. The molecule has 1 aliphatic heterocycles. The van der Waals surface area contributed by atoms with Crippen LogP contribution in [0.2, 0.25) is 5.02 Å². The highest BCUT2D eigenvalue weighted by molar-refractivity contribution is 9.10. The van der Waals surface area contributed by atoms with Gasteiger partial charge in [-0.25, -0.2) is 4.79 Å². The lowest BCUT2D eigenvalue weighted by atomic mass is 9.71. The standard InChI is InChI=1S/C29H29BrClNO3/c1-17-26(29(34)35-23-8-3-2-4-9-23)27(19-6-5-7-21(30)14-19)28-24(32-17)15-20(16-25(28)33)18-10-12-22(31)13-11-18/h5-7,10-14,20,23,27,32H,2-4,8-9,15-16H2,1H3. The van der Waals surface area contributed by atoms with Crippen molar-refractivity contribution >= 4 is 39.3 Å². The number of esters is 1. The van der Waals surface area contributed by atoms with Crippen LogP contribution in [0, 0.1) is 0 Å². The van der Waals surface area contributed by atoms with E-state index >= 15 is 0 Å². The molecule has 1 fully saturated rings. The zero-order valence-corrected chi connectivity index (χ0v) is 22.1. The van der Waals surface area contributed by atoms with Crippen LogP contribution in [-0.4, -0.2) is 17.9 Å². The minimum atomic E-state index is -0.446. The van der Waals surface area contributed by atoms with Gasteiger partial charge in [0.05, 0.1) is 5.57 Å². The number of dihydropyridines is 1. The summed E-state index contributed by atoms with van der Waals surface area (Å²) in [5.74, 6) is -0.624. The van der Waals surface area contributed by atoms with Gasteiger partial charge in [0.25, 0.3) is 0 Å². The molecule has 1 N–H and O–H groups in total. The summed E-state index contributed by atoms with van der Waals surface area (Å²) in [4.78, 5) is 27.3. The highest BCUT2D eigenvalue weighted by atomic mass is 79.9. The number of ketones is 1. The first kappa shape index (κ1) is 24.3. The predicted octanol–water partition coefficient (Wildman–Crippen LogP) is 7.34. The quantitative estimate of drug-likeness (QED) is 0.402. The molecule has 1 heterocycles. The van der Waals surface area contributed by atoms with Crippen LogP contribution in [0.25, 0.3) is 0 Å². The van der Waals surface area contributed by atoms with Crippen molar-refractivity contribution in [2.45, 2.75) is 69.8 Å². The smallest absolute Gasteiger partial charge is 0.337 e. The van der Waals surface area contributed by atoms with Crippen LogP contribution in [0.1, 0.15) is 74.8 Å². The minimum absolute atomic E-state index is 0.0496. The second-order valence-corrected chi connectivity index (χ2v) is 11.1. The van der Waals surface area contributed by atoms with Gasteiger partial charge in [-0.05, 0) is 80.3 Å². The van der Waals surface area contributed by atoms with Gasteiger partial charge in [0.2, 0.25) is 0 Å². The molecule has 1 saturated carbocycles. The van der Waals surface area contributed by atoms with E-state index in [-0.39, 0.29) is 23.8 Å². The number of halogens is 2. The summed E-state index contributed by atoms with van der Waals surface area (Å²) < 4.78 is 6.92. The van der Waals surface area contributed by atoms with E-state index in [1.54, 1.807) is 0 Å². The van der Waals surface area contributed by atoms with Crippen LogP contribution in [-0.2, 0) is 14.3 Å². The van der Waals surface area contributed by atoms with Gasteiger partial charge in [0, 0.05) is 38.8 Å². The molecule has 0 aromatic heterocycles. The Bertz CT molecular complexity index is 1210. The molecule has 6 heteroatoms. The monoisotopic (exact) mass is 553 g/mol. The maximum Gasteiger partial charge on any atom is 0.337 e. The Hall–Kier alpha value is -2.37. The van der Waals surface area contributed by atoms with Crippen LogP contribution < -0.4 is 5.32 Å². The highest BCUT2D eigenvalue weighted by Gasteiger charge is 2.42. The molecule has 0 radical (unpaired) electrons. The van der Waals surface area contributed by atoms with Crippen LogP contribution in [0.15, 0.2) is 75.5 Å². The topological polar surface area (TPSA) is 55.4 Å². The lowest BCUT2D eigenvalue weighted by molar-refractivity contribution is -0.146. The summed E-state index contributed by atoms with van der Waals surface area (Å²) in [6.45, 7) is 1.92. The van der Waals surface area contributed by atoms with Crippen LogP contribution in [0.5, 0.6) is 0 Å². The molecule has 0 amide bonds. The number of benzene rings is 2. The molecule has 182 valence electrons. The van der Waals surface area contributed by atoms with E-state index in [0.29, 0.717) is 29.0 Å². The molecule has 4 nitrogen and oxygen atoms in total. The molecule has 0 spiro atoms. The number of hydrogen-bond donors (Lipinski definition) is 1. The minimum Gasteiger partial charge on any atom is -0.459 e. The SMILES string of the molecule is CC1=C(C(=O)OC2CCCCC2)C(c2cccc(Br)c2)C2=C(CC(c3ccc(Cl)cc3)CC2=O)N1. The molecule has 0 bridgehead atoms. The van der Waals surface area contributed by atoms with E-state index in [1.165, 1.54) is 6.42 Å². The van der Waals surface area contributed by atoms with Gasteiger partial charge in [-0.1, -0.05) is 58.2 Å². The van der Waals surface area contributed by atoms with Crippen molar-refractivity contribution in [3.63, 3.8) is 0 Å². The normalized spacial score (nSPS) is 23.1. The van der Waals surface area contributed by atoms with Gasteiger partial charge < -0.3 is 10.1 Å². The fourth-order valence-corrected chi connectivity index (χ4v) is 6.24. The number of nitrogens with one attached hydrogen (secondary N) is 1. The summed E-state index contributed by atoms with van der Waals surface area (Å²) >= 11 is 9.65. The van der Waals surface area contributed by atoms with E-state index in [9.17, 15) is 9.59 Å². The summed E-state index contributed by atoms with van der Waals surface area (Å²) in [6, 6.07) is 15.6. The summed E-state index contributed by atoms with van der Waals surface area (Å²) in [6.07, 6.45) is 6.23. The van der Waals surface area contributed by atoms with Crippen molar-refractivity contribution in [1.82, 2.24) is 5.32 Å². The molecule has 0 saturated heterocycles. The van der Waals surface area contributed by atoms with Gasteiger partial charge in [0.1, 0.15) is 6.10 Å². The van der Waals surface area contributed by atoms with Crippen LogP contribution in [0.3, 0.4) is 0 Å². The van der Waals surface area contributed by atoms with Crippen molar-refractivity contribution in [3.8, 4) is 0 Å². The first-order chi connectivity index (χ1) is 16.9. The first-order valence-electron chi connectivity index (χ1n) is 12.4. The number of carbonyl (C=O) groups is 2. The summed E-state index contributed by atoms with van der Waals surface area (Å²) in [7, 11) is 0. The Morgan fingerprint density at radius 1 is 1.03 bits per heavy atom. The third kappa shape index (κ3) is 5.12. The fraction of sp³-hybridized carbons (Fsp3) is 0.379. The van der Waals surface area contributed by atoms with Gasteiger partial charge in [0.15, 0.2) is 5.78 Å². The Balaban J connectivity index is 1.52. The first-order valence-corrected chi connectivity index (χ1v) is 13.5. The van der Waals surface area contributed by atoms with Crippen molar-refractivity contribution in [1.29, 1.82) is 0 Å². The van der Waals surface area contributed by atoms with Gasteiger partial charge >= 0.3 is 5.97 Å². The summed E-state index contributed by atoms with van der Waals surface area (Å²) in [5, 5.41) is 4.12. The zero-order chi connectivity index (χ0) is 24.5. The maximum atomic E-state index is 13.7. The molecule has 35 heavy (non-hydrogen) atoms. The lowest BCUT2D eigenvalue weighted by Crippen LogP contribution is -2.37. The molecule has 2 aromatic rings. The fourth-order valence-electron chi connectivity index (χ4n) is 5.70. The van der Waals surface area contributed by atoms with E-state index in [4.69, 9.17) is 16.3 Å². The van der Waals surface area contributed by atoms with E-state index in [0.717, 1.165) is 52.7 Å². The lowest BCUT2D eigenvalue weighted by Gasteiger charge is -2.37. The molecular weight excluding hydrogens is 526 g/mol. The molecule has 2 unspecified atom stereocenters. The molecule has 2 atom stereocenters. The largest absolute Gasteiger partial charge is 0.459 e. The Kier molecular flexibility index (Phi) is 7.17. The molecule has 2 aliphatic carbocycles. The predicted molar refractivity (Wildman–Crippen MR) is 141 cm³/mol. The van der Waals surface area contributed by atoms with Crippen molar-refractivity contribution < 1.29 is 14.3 Å². The Labute approximate surface area is 219 Å². The van der Waals surface area contributed by atoms with Crippen molar-refractivity contribution in [2.75, 3.05) is 0 Å². The van der Waals surface area contributed by atoms with E-state index in [2.05, 4.69) is 21.2 Å². The van der Waals surface area contributed by atoms with Gasteiger partial charge in [-0.3, -0.25) is 4.79 Å². The number of carbonyl (C=O) groups excluding carboxylic acids is 2. The van der Waals surface area contributed by atoms with Crippen molar-refractivity contribution in [3.05, 3.63) is 91.7 Å². The van der Waals surface area contributed by atoms with E-state index < -0.39 is 5.92 Å². The van der Waals surface area contributed by atoms with Crippen LogP contribution >= 0.6 is 27.5 Å². The van der Waals surface area contributed by atoms with Crippen LogP contribution in [0.4, 0.5) is 0 Å². The third-order valence-corrected chi connectivity index (χ3v) is 8.14. The number of Topliss-reactive ketones (excluding diaryl/α,β-unsaturated/α-hetero) is 1. The average Bonchev–Trinajstić information content (AvgIpc) is 2.84. The third-order valence-electron chi connectivity index (χ3n) is 7.40. The molecular formula is C29H29BrClNO3. The Morgan fingerprint density at radius 2 is 1.77 bits per heavy atom. The number of ether oxygens (including phenoxy) is 1. The number of hydrogen-bond acceptors (Lipinski definition) is 4. The Morgan fingerprint density at radius 3 is 2.49 bits per heavy atom. The molecule has 2 aromatic carbocycles. The molecule has 3 aliphatic rings. The number of rotatable bonds is 4. The highest BCUT2D eigenvalue weighted by Crippen LogP contribution is 2.46. The van der Waals surface area contributed by atoms with E-state index in [1.807, 2.05) is 55.5 Å². The van der Waals surface area contributed by atoms with Gasteiger partial charge in [-0.15, -0.1) is 0 Å². The molecule has 5 rings (SSSR count). The zero-order valence-electron chi connectivity index (χ0n) is 19.8. The van der Waals surface area contributed by atoms with Crippen molar-refractivity contribution in [2.24, 2.45) is 0 Å².